The molecule has 3 nitrogen and oxygen atoms in total. The predicted octanol–water partition coefficient (Wildman–Crippen LogP) is 2.45. The monoisotopic (exact) mass is 243 g/mol. The third-order valence-electron chi connectivity index (χ3n) is 3.16. The molecule has 17 heavy (non-hydrogen) atoms. The van der Waals surface area contributed by atoms with E-state index in [4.69, 9.17) is 9.47 Å². The first-order valence-electron chi connectivity index (χ1n) is 7.08. The third-order valence-corrected chi connectivity index (χ3v) is 3.16. The van der Waals surface area contributed by atoms with E-state index in [-0.39, 0.29) is 0 Å². The lowest BCUT2D eigenvalue weighted by molar-refractivity contribution is 0.0312. The van der Waals surface area contributed by atoms with Crippen LogP contribution < -0.4 is 5.32 Å². The lowest BCUT2D eigenvalue weighted by Gasteiger charge is -2.16. The van der Waals surface area contributed by atoms with Crippen molar-refractivity contribution in [1.29, 1.82) is 0 Å². The summed E-state index contributed by atoms with van der Waals surface area (Å²) in [4.78, 5) is 0. The average molecular weight is 243 g/mol. The lowest BCUT2D eigenvalue weighted by Crippen LogP contribution is -2.22. The Morgan fingerprint density at radius 1 is 1.35 bits per heavy atom. The fourth-order valence-corrected chi connectivity index (χ4v) is 2.00. The van der Waals surface area contributed by atoms with Crippen molar-refractivity contribution in [3.05, 3.63) is 0 Å². The Morgan fingerprint density at radius 2 is 2.18 bits per heavy atom. The average Bonchev–Trinajstić information content (AvgIpc) is 2.78. The van der Waals surface area contributed by atoms with Crippen LogP contribution in [0.5, 0.6) is 0 Å². The molecule has 2 unspecified atom stereocenters. The van der Waals surface area contributed by atoms with Crippen LogP contribution in [0.15, 0.2) is 0 Å². The molecule has 3 heteroatoms. The molecule has 2 atom stereocenters. The number of hydrogen-bond donors (Lipinski definition) is 1. The largest absolute Gasteiger partial charge is 0.381 e. The Balaban J connectivity index is 1.88. The maximum absolute atomic E-state index is 5.85. The van der Waals surface area contributed by atoms with Gasteiger partial charge in [0.1, 0.15) is 0 Å². The van der Waals surface area contributed by atoms with Gasteiger partial charge in [-0.15, -0.1) is 0 Å². The van der Waals surface area contributed by atoms with E-state index >= 15 is 0 Å². The molecule has 0 aromatic heterocycles. The van der Waals surface area contributed by atoms with E-state index in [1.807, 2.05) is 0 Å². The number of hydrogen-bond acceptors (Lipinski definition) is 3. The van der Waals surface area contributed by atoms with Crippen molar-refractivity contribution in [3.63, 3.8) is 0 Å². The summed E-state index contributed by atoms with van der Waals surface area (Å²) in [6, 6.07) is 0. The van der Waals surface area contributed by atoms with E-state index in [0.717, 1.165) is 45.2 Å². The fourth-order valence-electron chi connectivity index (χ4n) is 2.00. The molecule has 0 radical (unpaired) electrons. The normalized spacial score (nSPS) is 22.2. The van der Waals surface area contributed by atoms with Crippen molar-refractivity contribution in [2.45, 2.75) is 46.1 Å². The van der Waals surface area contributed by atoms with Crippen molar-refractivity contribution in [3.8, 4) is 0 Å². The highest BCUT2D eigenvalue weighted by Crippen LogP contribution is 2.14. The van der Waals surface area contributed by atoms with Gasteiger partial charge in [0.2, 0.25) is 0 Å². The molecule has 0 saturated carbocycles. The van der Waals surface area contributed by atoms with Crippen LogP contribution in [0.2, 0.25) is 0 Å². The molecule has 1 aliphatic rings. The van der Waals surface area contributed by atoms with Crippen molar-refractivity contribution in [1.82, 2.24) is 5.32 Å². The molecule has 1 rings (SSSR count). The van der Waals surface area contributed by atoms with Crippen molar-refractivity contribution < 1.29 is 9.47 Å². The number of ether oxygens (including phenoxy) is 2. The van der Waals surface area contributed by atoms with Crippen LogP contribution in [0.3, 0.4) is 0 Å². The van der Waals surface area contributed by atoms with Gasteiger partial charge >= 0.3 is 0 Å². The Bertz CT molecular complexity index is 179. The van der Waals surface area contributed by atoms with Crippen molar-refractivity contribution >= 4 is 0 Å². The van der Waals surface area contributed by atoms with Gasteiger partial charge in [0.15, 0.2) is 0 Å². The minimum Gasteiger partial charge on any atom is -0.381 e. The quantitative estimate of drug-likeness (QED) is 0.631. The Hall–Kier alpha value is -0.120. The van der Waals surface area contributed by atoms with Gasteiger partial charge in [-0.1, -0.05) is 13.8 Å². The summed E-state index contributed by atoms with van der Waals surface area (Å²) in [7, 11) is 0. The summed E-state index contributed by atoms with van der Waals surface area (Å²) in [6.45, 7) is 11.6. The molecule has 1 heterocycles. The minimum atomic E-state index is 0.386. The molecule has 0 bridgehead atoms. The van der Waals surface area contributed by atoms with Gasteiger partial charge in [-0.25, -0.2) is 0 Å². The maximum Gasteiger partial charge on any atom is 0.0547 e. The van der Waals surface area contributed by atoms with Gasteiger partial charge in [-0.05, 0) is 45.2 Å². The van der Waals surface area contributed by atoms with E-state index in [1.165, 1.54) is 12.8 Å². The van der Waals surface area contributed by atoms with E-state index in [9.17, 15) is 0 Å². The Morgan fingerprint density at radius 3 is 2.82 bits per heavy atom. The van der Waals surface area contributed by atoms with Gasteiger partial charge in [-0.2, -0.15) is 0 Å². The first-order valence-corrected chi connectivity index (χ1v) is 7.08. The summed E-state index contributed by atoms with van der Waals surface area (Å²) in [5.41, 5.74) is 0. The second-order valence-electron chi connectivity index (χ2n) is 5.61. The standard InChI is InChI=1S/C14H29NO2/c1-12(2)9-15-7-4-5-13(3)17-11-14-6-8-16-10-14/h12-15H,4-11H2,1-3H3. The van der Waals surface area contributed by atoms with Crippen LogP contribution in [0.4, 0.5) is 0 Å². The summed E-state index contributed by atoms with van der Waals surface area (Å²) in [5, 5.41) is 3.46. The summed E-state index contributed by atoms with van der Waals surface area (Å²) in [6.07, 6.45) is 3.91. The molecular formula is C14H29NO2. The van der Waals surface area contributed by atoms with Gasteiger partial charge < -0.3 is 14.8 Å². The van der Waals surface area contributed by atoms with Crippen LogP contribution >= 0.6 is 0 Å². The molecular weight excluding hydrogens is 214 g/mol. The van der Waals surface area contributed by atoms with Crippen molar-refractivity contribution in [2.24, 2.45) is 11.8 Å². The van der Waals surface area contributed by atoms with Gasteiger partial charge in [-0.3, -0.25) is 0 Å². The first kappa shape index (κ1) is 14.9. The molecule has 0 aromatic carbocycles. The zero-order valence-corrected chi connectivity index (χ0v) is 11.7. The van der Waals surface area contributed by atoms with Crippen LogP contribution in [-0.4, -0.2) is 39.0 Å². The van der Waals surface area contributed by atoms with E-state index < -0.39 is 0 Å². The molecule has 0 amide bonds. The summed E-state index contributed by atoms with van der Waals surface area (Å²) >= 11 is 0. The molecule has 1 N–H and O–H groups in total. The zero-order valence-electron chi connectivity index (χ0n) is 11.7. The molecule has 1 saturated heterocycles. The number of nitrogens with one attached hydrogen (secondary N) is 1. The second kappa shape index (κ2) is 8.90. The van der Waals surface area contributed by atoms with Crippen LogP contribution in [0.1, 0.15) is 40.0 Å². The second-order valence-corrected chi connectivity index (χ2v) is 5.61. The maximum atomic E-state index is 5.85. The molecule has 1 aliphatic heterocycles. The minimum absolute atomic E-state index is 0.386. The van der Waals surface area contributed by atoms with Crippen LogP contribution in [0.25, 0.3) is 0 Å². The van der Waals surface area contributed by atoms with Gasteiger partial charge in [0.05, 0.1) is 19.3 Å². The lowest BCUT2D eigenvalue weighted by atomic mass is 10.1. The van der Waals surface area contributed by atoms with Gasteiger partial charge in [0, 0.05) is 12.5 Å². The highest BCUT2D eigenvalue weighted by molar-refractivity contribution is 4.64. The van der Waals surface area contributed by atoms with Crippen molar-refractivity contribution in [2.75, 3.05) is 32.9 Å². The van der Waals surface area contributed by atoms with Crippen LogP contribution in [0, 0.1) is 11.8 Å². The third kappa shape index (κ3) is 7.74. The summed E-state index contributed by atoms with van der Waals surface area (Å²) in [5.74, 6) is 1.38. The SMILES string of the molecule is CC(C)CNCCCC(C)OCC1CCOC1. The van der Waals surface area contributed by atoms with E-state index in [0.29, 0.717) is 12.0 Å². The summed E-state index contributed by atoms with van der Waals surface area (Å²) < 4.78 is 11.2. The Labute approximate surface area is 106 Å². The number of rotatable bonds is 9. The first-order chi connectivity index (χ1) is 8.18. The molecule has 1 fully saturated rings. The van der Waals surface area contributed by atoms with Crippen LogP contribution in [-0.2, 0) is 9.47 Å². The highest BCUT2D eigenvalue weighted by Gasteiger charge is 2.16. The Kier molecular flexibility index (Phi) is 7.82. The van der Waals surface area contributed by atoms with E-state index in [1.54, 1.807) is 0 Å². The molecule has 0 aliphatic carbocycles. The van der Waals surface area contributed by atoms with Gasteiger partial charge in [0.25, 0.3) is 0 Å². The van der Waals surface area contributed by atoms with E-state index in [2.05, 4.69) is 26.1 Å². The smallest absolute Gasteiger partial charge is 0.0547 e. The highest BCUT2D eigenvalue weighted by atomic mass is 16.5. The fraction of sp³-hybridized carbons (Fsp3) is 1.00. The molecule has 102 valence electrons. The molecule has 0 aromatic rings. The zero-order chi connectivity index (χ0) is 12.5. The predicted molar refractivity (Wildman–Crippen MR) is 71.3 cm³/mol. The molecule has 0 spiro atoms. The topological polar surface area (TPSA) is 30.5 Å².